The van der Waals surface area contributed by atoms with Gasteiger partial charge >= 0.3 is 0 Å². The Kier molecular flexibility index (Phi) is 4.58. The van der Waals surface area contributed by atoms with Gasteiger partial charge in [-0.2, -0.15) is 0 Å². The molecule has 0 bridgehead atoms. The van der Waals surface area contributed by atoms with Crippen molar-refractivity contribution in [3.63, 3.8) is 0 Å². The van der Waals surface area contributed by atoms with Crippen LogP contribution in [0.5, 0.6) is 11.5 Å². The molecule has 0 fully saturated rings. The largest absolute Gasteiger partial charge is 0.493 e. The minimum Gasteiger partial charge on any atom is -0.493 e. The summed E-state index contributed by atoms with van der Waals surface area (Å²) in [5, 5.41) is 4.94. The van der Waals surface area contributed by atoms with E-state index < -0.39 is 0 Å². The number of hydrogen-bond acceptors (Lipinski definition) is 4. The van der Waals surface area contributed by atoms with Crippen LogP contribution < -0.4 is 14.8 Å². The van der Waals surface area contributed by atoms with E-state index >= 15 is 0 Å². The lowest BCUT2D eigenvalue weighted by Crippen LogP contribution is -2.22. The van der Waals surface area contributed by atoms with Crippen LogP contribution in [0.1, 0.15) is 22.8 Å². The zero-order valence-electron chi connectivity index (χ0n) is 14.9. The lowest BCUT2D eigenvalue weighted by Gasteiger charge is -2.24. The molecule has 0 radical (unpaired) electrons. The smallest absolute Gasteiger partial charge is 0.225 e. The van der Waals surface area contributed by atoms with Gasteiger partial charge in [0.05, 0.1) is 19.9 Å². The number of ether oxygens (including phenoxy) is 2. The van der Waals surface area contributed by atoms with Gasteiger partial charge in [0, 0.05) is 28.2 Å². The van der Waals surface area contributed by atoms with Gasteiger partial charge in [-0.05, 0) is 35.4 Å². The number of carbonyl (C=O) groups is 1. The summed E-state index contributed by atoms with van der Waals surface area (Å²) in [4.78, 5) is 13.5. The highest BCUT2D eigenvalue weighted by molar-refractivity contribution is 7.11. The van der Waals surface area contributed by atoms with Crippen molar-refractivity contribution in [2.24, 2.45) is 0 Å². The van der Waals surface area contributed by atoms with Crippen LogP contribution in [0.4, 0.5) is 10.1 Å². The average Bonchev–Trinajstić information content (AvgIpc) is 3.10. The molecule has 4 nitrogen and oxygen atoms in total. The molecule has 1 atom stereocenters. The van der Waals surface area contributed by atoms with Crippen molar-refractivity contribution in [3.8, 4) is 22.6 Å². The third-order valence-electron chi connectivity index (χ3n) is 4.74. The molecule has 0 spiro atoms. The monoisotopic (exact) mass is 383 g/mol. The van der Waals surface area contributed by atoms with Gasteiger partial charge in [0.1, 0.15) is 5.82 Å². The first kappa shape index (κ1) is 17.5. The molecule has 1 aromatic heterocycles. The second-order valence-electron chi connectivity index (χ2n) is 6.32. The predicted molar refractivity (Wildman–Crippen MR) is 104 cm³/mol. The van der Waals surface area contributed by atoms with Gasteiger partial charge in [-0.3, -0.25) is 4.79 Å². The Morgan fingerprint density at radius 3 is 2.67 bits per heavy atom. The molecule has 0 aliphatic carbocycles. The number of benzene rings is 2. The maximum atomic E-state index is 13.7. The quantitative estimate of drug-likeness (QED) is 0.686. The first-order valence-corrected chi connectivity index (χ1v) is 9.37. The number of halogens is 1. The third-order valence-corrected chi connectivity index (χ3v) is 5.83. The molecule has 4 rings (SSSR count). The second kappa shape index (κ2) is 7.04. The van der Waals surface area contributed by atoms with Gasteiger partial charge in [0.15, 0.2) is 11.5 Å². The molecular formula is C21H18FNO3S. The van der Waals surface area contributed by atoms with Crippen molar-refractivity contribution in [1.29, 1.82) is 0 Å². The van der Waals surface area contributed by atoms with E-state index in [1.807, 2.05) is 29.6 Å². The number of methoxy groups -OCH3 is 2. The molecule has 6 heteroatoms. The van der Waals surface area contributed by atoms with E-state index in [0.717, 1.165) is 27.3 Å². The lowest BCUT2D eigenvalue weighted by atomic mass is 9.89. The Labute approximate surface area is 160 Å². The summed E-state index contributed by atoms with van der Waals surface area (Å²) in [6.07, 6.45) is 0.353. The van der Waals surface area contributed by atoms with Crippen molar-refractivity contribution in [2.75, 3.05) is 19.5 Å². The Balaban J connectivity index is 1.80. The molecule has 3 aromatic rings. The van der Waals surface area contributed by atoms with Gasteiger partial charge in [-0.25, -0.2) is 4.39 Å². The number of anilines is 1. The highest BCUT2D eigenvalue weighted by Crippen LogP contribution is 2.47. The van der Waals surface area contributed by atoms with E-state index in [2.05, 4.69) is 5.32 Å². The number of fused-ring (bicyclic) bond motifs is 1. The van der Waals surface area contributed by atoms with Crippen LogP contribution in [0.25, 0.3) is 11.1 Å². The van der Waals surface area contributed by atoms with Crippen molar-refractivity contribution in [3.05, 3.63) is 64.1 Å². The van der Waals surface area contributed by atoms with Crippen LogP contribution in [0.3, 0.4) is 0 Å². The summed E-state index contributed by atoms with van der Waals surface area (Å²) in [6.45, 7) is 0. The van der Waals surface area contributed by atoms with E-state index in [9.17, 15) is 9.18 Å². The minimum atomic E-state index is -0.300. The predicted octanol–water partition coefficient (Wildman–Crippen LogP) is 5.05. The molecule has 2 heterocycles. The highest BCUT2D eigenvalue weighted by atomic mass is 32.1. The standard InChI is InChI=1S/C21H18FNO3S/c1-25-17-7-6-13(9-18(17)26-2)15-10-19(24)23-20-16(11-27-21(15)20)12-4-3-5-14(22)8-12/h3-9,11,15H,10H2,1-2H3,(H,23,24)/t15-/m0/s1. The van der Waals surface area contributed by atoms with Crippen LogP contribution in [0.15, 0.2) is 47.8 Å². The fraction of sp³-hybridized carbons (Fsp3) is 0.190. The second-order valence-corrected chi connectivity index (χ2v) is 7.23. The van der Waals surface area contributed by atoms with E-state index in [4.69, 9.17) is 9.47 Å². The molecule has 0 unspecified atom stereocenters. The molecule has 2 aromatic carbocycles. The maximum Gasteiger partial charge on any atom is 0.225 e. The van der Waals surface area contributed by atoms with Crippen LogP contribution in [0, 0.1) is 5.82 Å². The summed E-state index contributed by atoms with van der Waals surface area (Å²) in [6, 6.07) is 12.1. The van der Waals surface area contributed by atoms with Crippen molar-refractivity contribution in [1.82, 2.24) is 0 Å². The fourth-order valence-electron chi connectivity index (χ4n) is 3.43. The fourth-order valence-corrected chi connectivity index (χ4v) is 4.60. The van der Waals surface area contributed by atoms with Gasteiger partial charge in [0.2, 0.25) is 5.91 Å². The van der Waals surface area contributed by atoms with Crippen LogP contribution in [0.2, 0.25) is 0 Å². The van der Waals surface area contributed by atoms with Crippen molar-refractivity contribution in [2.45, 2.75) is 12.3 Å². The Hall–Kier alpha value is -2.86. The first-order valence-electron chi connectivity index (χ1n) is 8.49. The summed E-state index contributed by atoms with van der Waals surface area (Å²) in [5.74, 6) is 0.836. The first-order chi connectivity index (χ1) is 13.1. The van der Waals surface area contributed by atoms with Gasteiger partial charge in [-0.15, -0.1) is 11.3 Å². The van der Waals surface area contributed by atoms with E-state index in [1.54, 1.807) is 31.6 Å². The molecule has 138 valence electrons. The van der Waals surface area contributed by atoms with Gasteiger partial charge in [0.25, 0.3) is 0 Å². The number of carbonyl (C=O) groups excluding carboxylic acids is 1. The molecule has 27 heavy (non-hydrogen) atoms. The van der Waals surface area contributed by atoms with Gasteiger partial charge < -0.3 is 14.8 Å². The maximum absolute atomic E-state index is 13.7. The van der Waals surface area contributed by atoms with E-state index in [0.29, 0.717) is 17.9 Å². The summed E-state index contributed by atoms with van der Waals surface area (Å²) in [7, 11) is 3.18. The van der Waals surface area contributed by atoms with Crippen molar-refractivity contribution < 1.29 is 18.7 Å². The zero-order chi connectivity index (χ0) is 19.0. The highest BCUT2D eigenvalue weighted by Gasteiger charge is 2.31. The summed E-state index contributed by atoms with van der Waals surface area (Å²) < 4.78 is 24.4. The topological polar surface area (TPSA) is 47.6 Å². The third kappa shape index (κ3) is 3.17. The lowest BCUT2D eigenvalue weighted by molar-refractivity contribution is -0.116. The number of hydrogen-bond donors (Lipinski definition) is 1. The van der Waals surface area contributed by atoms with E-state index in [-0.39, 0.29) is 17.6 Å². The normalized spacial score (nSPS) is 15.8. The van der Waals surface area contributed by atoms with Crippen LogP contribution >= 0.6 is 11.3 Å². The zero-order valence-corrected chi connectivity index (χ0v) is 15.7. The van der Waals surface area contributed by atoms with E-state index in [1.165, 1.54) is 12.1 Å². The molecule has 1 amide bonds. The molecule has 1 aliphatic rings. The molecule has 0 saturated heterocycles. The Bertz CT molecular complexity index is 1010. The number of nitrogens with one attached hydrogen (secondary N) is 1. The molecule has 0 saturated carbocycles. The van der Waals surface area contributed by atoms with Crippen LogP contribution in [-0.4, -0.2) is 20.1 Å². The Morgan fingerprint density at radius 2 is 1.93 bits per heavy atom. The summed E-state index contributed by atoms with van der Waals surface area (Å²) in [5.41, 5.74) is 3.34. The average molecular weight is 383 g/mol. The SMILES string of the molecule is COc1ccc([C@@H]2CC(=O)Nc3c(-c4cccc(F)c4)csc32)cc1OC. The number of thiophene rings is 1. The number of amides is 1. The van der Waals surface area contributed by atoms with Crippen LogP contribution in [-0.2, 0) is 4.79 Å². The summed E-state index contributed by atoms with van der Waals surface area (Å²) >= 11 is 1.57. The van der Waals surface area contributed by atoms with Crippen molar-refractivity contribution >= 4 is 22.9 Å². The Morgan fingerprint density at radius 1 is 1.11 bits per heavy atom. The minimum absolute atomic E-state index is 0.0571. The van der Waals surface area contributed by atoms with Gasteiger partial charge in [-0.1, -0.05) is 18.2 Å². The molecular weight excluding hydrogens is 365 g/mol. The molecule has 1 aliphatic heterocycles. The number of rotatable bonds is 4. The molecule has 1 N–H and O–H groups in total.